The predicted octanol–water partition coefficient (Wildman–Crippen LogP) is 4.81. The van der Waals surface area contributed by atoms with Crippen molar-refractivity contribution >= 4 is 45.4 Å². The molecule has 2 N–H and O–H groups in total. The van der Waals surface area contributed by atoms with Crippen LogP contribution in [0.4, 0.5) is 5.82 Å². The van der Waals surface area contributed by atoms with Crippen LogP contribution in [0.3, 0.4) is 0 Å². The number of amides is 1. The Hall–Kier alpha value is -2.58. The molecule has 6 nitrogen and oxygen atoms in total. The molecule has 0 saturated heterocycles. The van der Waals surface area contributed by atoms with Crippen LogP contribution >= 0.6 is 27.7 Å². The Morgan fingerprint density at radius 2 is 1.89 bits per heavy atom. The highest BCUT2D eigenvalue weighted by Crippen LogP contribution is 2.28. The van der Waals surface area contributed by atoms with Gasteiger partial charge in [0, 0.05) is 16.2 Å². The highest BCUT2D eigenvalue weighted by Gasteiger charge is 2.20. The Morgan fingerprint density at radius 1 is 1.18 bits per heavy atom. The number of anilines is 1. The molecule has 28 heavy (non-hydrogen) atoms. The Kier molecular flexibility index (Phi) is 6.53. The number of nitrogens with one attached hydrogen (secondary N) is 2. The lowest BCUT2D eigenvalue weighted by Crippen LogP contribution is -2.14. The van der Waals surface area contributed by atoms with Gasteiger partial charge in [-0.15, -0.1) is 11.8 Å². The van der Waals surface area contributed by atoms with Gasteiger partial charge in [-0.2, -0.15) is 5.10 Å². The molecule has 1 heterocycles. The zero-order valence-electron chi connectivity index (χ0n) is 15.3. The number of carbonyl (C=O) groups excluding carboxylic acids is 2. The number of esters is 1. The van der Waals surface area contributed by atoms with Crippen LogP contribution in [0.2, 0.25) is 0 Å². The maximum atomic E-state index is 12.8. The van der Waals surface area contributed by atoms with E-state index in [0.717, 1.165) is 5.56 Å². The second-order valence-electron chi connectivity index (χ2n) is 5.92. The molecular weight excluding hydrogens is 442 g/mol. The summed E-state index contributed by atoms with van der Waals surface area (Å²) in [6, 6.07) is 15.6. The van der Waals surface area contributed by atoms with Gasteiger partial charge in [0.05, 0.1) is 11.6 Å². The van der Waals surface area contributed by atoms with Gasteiger partial charge >= 0.3 is 5.97 Å². The van der Waals surface area contributed by atoms with Crippen LogP contribution in [0.5, 0.6) is 0 Å². The molecule has 0 spiro atoms. The molecule has 0 fully saturated rings. The van der Waals surface area contributed by atoms with E-state index in [-0.39, 0.29) is 17.4 Å². The van der Waals surface area contributed by atoms with Crippen molar-refractivity contribution < 1.29 is 14.3 Å². The fourth-order valence-electron chi connectivity index (χ4n) is 2.56. The number of H-pyrrole nitrogens is 1. The van der Waals surface area contributed by atoms with Crippen LogP contribution < -0.4 is 5.32 Å². The average Bonchev–Trinajstić information content (AvgIpc) is 3.07. The zero-order chi connectivity index (χ0) is 20.1. The summed E-state index contributed by atoms with van der Waals surface area (Å²) in [6.45, 7) is 2.06. The van der Waals surface area contributed by atoms with E-state index in [4.69, 9.17) is 0 Å². The number of nitrogens with zero attached hydrogens (tertiary/aromatic N) is 1. The van der Waals surface area contributed by atoms with Gasteiger partial charge in [-0.05, 0) is 46.1 Å². The van der Waals surface area contributed by atoms with Gasteiger partial charge in [0.15, 0.2) is 11.5 Å². The first-order chi connectivity index (χ1) is 13.5. The summed E-state index contributed by atoms with van der Waals surface area (Å²) < 4.78 is 5.01. The maximum Gasteiger partial charge on any atom is 0.357 e. The zero-order valence-corrected chi connectivity index (χ0v) is 17.7. The third-order valence-corrected chi connectivity index (χ3v) is 6.06. The smallest absolute Gasteiger partial charge is 0.357 e. The van der Waals surface area contributed by atoms with Crippen molar-refractivity contribution in [3.05, 3.63) is 75.4 Å². The second-order valence-corrected chi connectivity index (χ2v) is 7.73. The molecule has 8 heteroatoms. The van der Waals surface area contributed by atoms with Crippen LogP contribution in [0.1, 0.15) is 32.0 Å². The molecule has 1 amide bonds. The number of aromatic amines is 1. The molecule has 0 unspecified atom stereocenters. The second kappa shape index (κ2) is 9.07. The van der Waals surface area contributed by atoms with Crippen LogP contribution in [0.25, 0.3) is 0 Å². The number of benzene rings is 2. The van der Waals surface area contributed by atoms with Gasteiger partial charge in [-0.1, -0.05) is 36.4 Å². The van der Waals surface area contributed by atoms with Crippen LogP contribution in [-0.4, -0.2) is 29.2 Å². The number of methoxy groups -OCH3 is 1. The number of aryl methyl sites for hydroxylation is 1. The lowest BCUT2D eigenvalue weighted by atomic mass is 10.1. The monoisotopic (exact) mass is 459 g/mol. The first-order valence-corrected chi connectivity index (χ1v) is 10.2. The van der Waals surface area contributed by atoms with E-state index < -0.39 is 5.97 Å². The van der Waals surface area contributed by atoms with Crippen molar-refractivity contribution in [2.75, 3.05) is 12.4 Å². The number of carbonyl (C=O) groups is 2. The minimum Gasteiger partial charge on any atom is -0.464 e. The molecule has 0 aliphatic heterocycles. The molecule has 0 aliphatic rings. The molecule has 3 rings (SSSR count). The summed E-state index contributed by atoms with van der Waals surface area (Å²) in [5.74, 6) is 0.00936. The summed E-state index contributed by atoms with van der Waals surface area (Å²) in [4.78, 5) is 25.6. The molecule has 2 aromatic carbocycles. The lowest BCUT2D eigenvalue weighted by molar-refractivity contribution is 0.0592. The van der Waals surface area contributed by atoms with E-state index in [1.54, 1.807) is 17.8 Å². The van der Waals surface area contributed by atoms with E-state index >= 15 is 0 Å². The van der Waals surface area contributed by atoms with Gasteiger partial charge in [0.25, 0.3) is 5.91 Å². The molecule has 1 aromatic heterocycles. The Balaban J connectivity index is 1.77. The van der Waals surface area contributed by atoms with Gasteiger partial charge in [-0.25, -0.2) is 4.79 Å². The predicted molar refractivity (Wildman–Crippen MR) is 113 cm³/mol. The summed E-state index contributed by atoms with van der Waals surface area (Å²) in [7, 11) is 1.27. The summed E-state index contributed by atoms with van der Waals surface area (Å²) in [5.41, 5.74) is 2.80. The van der Waals surface area contributed by atoms with Crippen LogP contribution in [-0.2, 0) is 10.5 Å². The van der Waals surface area contributed by atoms with E-state index in [1.165, 1.54) is 17.6 Å². The molecule has 0 atom stereocenters. The number of hydrogen-bond donors (Lipinski definition) is 2. The summed E-state index contributed by atoms with van der Waals surface area (Å²) in [6.07, 6.45) is 0. The van der Waals surface area contributed by atoms with E-state index in [2.05, 4.69) is 55.2 Å². The number of ether oxygens (including phenoxy) is 1. The van der Waals surface area contributed by atoms with Crippen molar-refractivity contribution in [2.24, 2.45) is 0 Å². The van der Waals surface area contributed by atoms with Crippen molar-refractivity contribution in [1.82, 2.24) is 10.2 Å². The topological polar surface area (TPSA) is 84.1 Å². The van der Waals surface area contributed by atoms with Gasteiger partial charge in [-0.3, -0.25) is 9.89 Å². The molecule has 0 radical (unpaired) electrons. The lowest BCUT2D eigenvalue weighted by Gasteiger charge is -2.10. The number of aromatic nitrogens is 2. The number of hydrogen-bond acceptors (Lipinski definition) is 5. The van der Waals surface area contributed by atoms with Crippen molar-refractivity contribution in [3.63, 3.8) is 0 Å². The minimum atomic E-state index is -0.574. The van der Waals surface area contributed by atoms with Crippen molar-refractivity contribution in [2.45, 2.75) is 17.6 Å². The fraction of sp³-hybridized carbons (Fsp3) is 0.150. The third-order valence-electron chi connectivity index (χ3n) is 4.07. The van der Waals surface area contributed by atoms with Crippen LogP contribution in [0.15, 0.2) is 57.9 Å². The molecule has 0 aliphatic carbocycles. The van der Waals surface area contributed by atoms with Crippen molar-refractivity contribution in [1.29, 1.82) is 0 Å². The van der Waals surface area contributed by atoms with Gasteiger partial charge < -0.3 is 10.1 Å². The summed E-state index contributed by atoms with van der Waals surface area (Å²) in [5, 5.41) is 9.26. The normalized spacial score (nSPS) is 10.5. The number of rotatable bonds is 6. The van der Waals surface area contributed by atoms with E-state index in [1.807, 2.05) is 30.3 Å². The quantitative estimate of drug-likeness (QED) is 0.408. The molecule has 0 saturated carbocycles. The van der Waals surface area contributed by atoms with E-state index in [0.29, 0.717) is 15.8 Å². The van der Waals surface area contributed by atoms with Gasteiger partial charge in [0.1, 0.15) is 0 Å². The maximum absolute atomic E-state index is 12.8. The number of thioether (sulfide) groups is 1. The Labute approximate surface area is 175 Å². The minimum absolute atomic E-state index is 0.140. The number of halogens is 1. The highest BCUT2D eigenvalue weighted by molar-refractivity contribution is 9.10. The standard InChI is InChI=1S/C20H18BrN3O3S/c1-12-7-3-6-10-15(12)28-11-13-8-4-5-9-14(13)19(25)22-18-16(21)17(23-24-18)20(26)27-2/h3-10H,11H2,1-2H3,(H2,22,23,24,25). The summed E-state index contributed by atoms with van der Waals surface area (Å²) >= 11 is 4.95. The first-order valence-electron chi connectivity index (χ1n) is 8.41. The molecule has 3 aromatic rings. The van der Waals surface area contributed by atoms with Gasteiger partial charge in [0.2, 0.25) is 0 Å². The highest BCUT2D eigenvalue weighted by atomic mass is 79.9. The fourth-order valence-corrected chi connectivity index (χ4v) is 4.04. The first kappa shape index (κ1) is 20.2. The molecule has 144 valence electrons. The third kappa shape index (κ3) is 4.45. The van der Waals surface area contributed by atoms with Crippen LogP contribution in [0, 0.1) is 6.92 Å². The molecule has 0 bridgehead atoms. The Bertz CT molecular complexity index is 1020. The Morgan fingerprint density at radius 3 is 2.64 bits per heavy atom. The van der Waals surface area contributed by atoms with E-state index in [9.17, 15) is 9.59 Å². The largest absolute Gasteiger partial charge is 0.464 e. The van der Waals surface area contributed by atoms with Crippen molar-refractivity contribution in [3.8, 4) is 0 Å². The SMILES string of the molecule is COC(=O)c1[nH]nc(NC(=O)c2ccccc2CSc2ccccc2C)c1Br. The average molecular weight is 460 g/mol. The molecular formula is C20H18BrN3O3S.